The van der Waals surface area contributed by atoms with Gasteiger partial charge in [0, 0.05) is 16.8 Å². The van der Waals surface area contributed by atoms with Crippen LogP contribution in [0.25, 0.3) is 0 Å². The molecule has 1 amide bonds. The minimum absolute atomic E-state index is 0.0681. The number of thiophene rings is 1. The molecule has 1 aromatic heterocycles. The molecule has 0 saturated heterocycles. The van der Waals surface area contributed by atoms with E-state index < -0.39 is 0 Å². The standard InChI is InChI=1S/C26H28N2O2S/c1-4-30-21-13-10-19(11-14-21)16-27-26-24(22-7-5-6-8-23(22)31-26)25(29)28-20-12-9-17(2)18(3)15-20/h9-16H,4-8H2,1-3H3,(H,28,29)/b27-16+. The molecule has 0 saturated carbocycles. The summed E-state index contributed by atoms with van der Waals surface area (Å²) in [6, 6.07) is 13.9. The van der Waals surface area contributed by atoms with Gasteiger partial charge in [0.2, 0.25) is 0 Å². The number of hydrogen-bond donors (Lipinski definition) is 1. The Balaban J connectivity index is 1.62. The smallest absolute Gasteiger partial charge is 0.259 e. The van der Waals surface area contributed by atoms with Crippen molar-refractivity contribution < 1.29 is 9.53 Å². The lowest BCUT2D eigenvalue weighted by atomic mass is 9.95. The average molecular weight is 433 g/mol. The lowest BCUT2D eigenvalue weighted by molar-refractivity contribution is 0.102. The molecule has 0 unspecified atom stereocenters. The summed E-state index contributed by atoms with van der Waals surface area (Å²) in [5.41, 5.74) is 6.10. The molecular weight excluding hydrogens is 404 g/mol. The number of carbonyl (C=O) groups is 1. The van der Waals surface area contributed by atoms with Crippen LogP contribution in [0, 0.1) is 13.8 Å². The number of amides is 1. The predicted molar refractivity (Wildman–Crippen MR) is 130 cm³/mol. The van der Waals surface area contributed by atoms with E-state index in [0.717, 1.165) is 46.8 Å². The number of aliphatic imine (C=N–C) groups is 1. The number of aryl methyl sites for hydroxylation is 3. The molecule has 4 nitrogen and oxygen atoms in total. The zero-order valence-electron chi connectivity index (χ0n) is 18.3. The molecule has 1 aliphatic carbocycles. The van der Waals surface area contributed by atoms with Crippen LogP contribution >= 0.6 is 11.3 Å². The van der Waals surface area contributed by atoms with Crippen LogP contribution in [0.3, 0.4) is 0 Å². The van der Waals surface area contributed by atoms with Crippen molar-refractivity contribution in [3.05, 3.63) is 75.2 Å². The van der Waals surface area contributed by atoms with E-state index in [1.54, 1.807) is 11.3 Å². The van der Waals surface area contributed by atoms with Gasteiger partial charge >= 0.3 is 0 Å². The van der Waals surface area contributed by atoms with E-state index in [1.807, 2.05) is 55.6 Å². The minimum atomic E-state index is -0.0681. The second kappa shape index (κ2) is 9.48. The molecule has 0 fully saturated rings. The Kier molecular flexibility index (Phi) is 6.52. The Labute approximate surface area is 188 Å². The van der Waals surface area contributed by atoms with E-state index in [0.29, 0.717) is 6.61 Å². The molecule has 31 heavy (non-hydrogen) atoms. The lowest BCUT2D eigenvalue weighted by Crippen LogP contribution is -2.15. The number of ether oxygens (including phenoxy) is 1. The molecule has 1 N–H and O–H groups in total. The zero-order valence-corrected chi connectivity index (χ0v) is 19.1. The molecule has 0 atom stereocenters. The number of rotatable bonds is 6. The van der Waals surface area contributed by atoms with E-state index in [-0.39, 0.29) is 5.91 Å². The normalized spacial score (nSPS) is 13.3. The number of nitrogens with zero attached hydrogens (tertiary/aromatic N) is 1. The highest BCUT2D eigenvalue weighted by molar-refractivity contribution is 7.16. The predicted octanol–water partition coefficient (Wildman–Crippen LogP) is 6.65. The maximum absolute atomic E-state index is 13.3. The van der Waals surface area contributed by atoms with Crippen LogP contribution in [0.2, 0.25) is 0 Å². The van der Waals surface area contributed by atoms with Gasteiger partial charge in [-0.1, -0.05) is 6.07 Å². The van der Waals surface area contributed by atoms with E-state index in [9.17, 15) is 4.79 Å². The van der Waals surface area contributed by atoms with Crippen LogP contribution in [0.4, 0.5) is 10.7 Å². The van der Waals surface area contributed by atoms with E-state index in [2.05, 4.69) is 19.2 Å². The summed E-state index contributed by atoms with van der Waals surface area (Å²) in [5, 5.41) is 3.89. The molecule has 0 aliphatic heterocycles. The fraction of sp³-hybridized carbons (Fsp3) is 0.308. The average Bonchev–Trinajstić information content (AvgIpc) is 3.14. The lowest BCUT2D eigenvalue weighted by Gasteiger charge is -2.13. The van der Waals surface area contributed by atoms with E-state index in [4.69, 9.17) is 9.73 Å². The first-order valence-corrected chi connectivity index (χ1v) is 11.7. The van der Waals surface area contributed by atoms with Crippen molar-refractivity contribution in [2.24, 2.45) is 4.99 Å². The summed E-state index contributed by atoms with van der Waals surface area (Å²) in [4.78, 5) is 19.3. The number of anilines is 1. The van der Waals surface area contributed by atoms with Gasteiger partial charge in [-0.25, -0.2) is 4.99 Å². The molecule has 0 radical (unpaired) electrons. The van der Waals surface area contributed by atoms with Crippen LogP contribution in [0.1, 0.15) is 57.3 Å². The molecular formula is C26H28N2O2S. The Morgan fingerprint density at radius 1 is 1.10 bits per heavy atom. The van der Waals surface area contributed by atoms with Gasteiger partial charge in [-0.3, -0.25) is 4.79 Å². The highest BCUT2D eigenvalue weighted by atomic mass is 32.1. The van der Waals surface area contributed by atoms with Crippen molar-refractivity contribution in [2.75, 3.05) is 11.9 Å². The third-order valence-corrected chi connectivity index (χ3v) is 6.87. The maximum Gasteiger partial charge on any atom is 0.259 e. The first-order valence-electron chi connectivity index (χ1n) is 10.8. The molecule has 2 aromatic carbocycles. The van der Waals surface area contributed by atoms with Crippen molar-refractivity contribution >= 4 is 34.1 Å². The molecule has 4 rings (SSSR count). The van der Waals surface area contributed by atoms with Crippen LogP contribution in [0.15, 0.2) is 47.5 Å². The summed E-state index contributed by atoms with van der Waals surface area (Å²) < 4.78 is 5.51. The molecule has 1 heterocycles. The molecule has 3 aromatic rings. The van der Waals surface area contributed by atoms with Gasteiger partial charge in [-0.05, 0) is 105 Å². The zero-order chi connectivity index (χ0) is 21.8. The van der Waals surface area contributed by atoms with Crippen LogP contribution in [-0.4, -0.2) is 18.7 Å². The highest BCUT2D eigenvalue weighted by Gasteiger charge is 2.25. The Hall–Kier alpha value is -2.92. The van der Waals surface area contributed by atoms with Gasteiger partial charge in [0.1, 0.15) is 10.8 Å². The maximum atomic E-state index is 13.3. The third kappa shape index (κ3) is 4.88. The fourth-order valence-electron chi connectivity index (χ4n) is 3.84. The Morgan fingerprint density at radius 3 is 2.61 bits per heavy atom. The molecule has 0 spiro atoms. The fourth-order valence-corrected chi connectivity index (χ4v) is 5.07. The Bertz CT molecular complexity index is 1110. The topological polar surface area (TPSA) is 50.7 Å². The second-order valence-electron chi connectivity index (χ2n) is 7.90. The quantitative estimate of drug-likeness (QED) is 0.444. The first-order chi connectivity index (χ1) is 15.0. The van der Waals surface area contributed by atoms with Gasteiger partial charge in [0.25, 0.3) is 5.91 Å². The Morgan fingerprint density at radius 2 is 1.87 bits per heavy atom. The van der Waals surface area contributed by atoms with Gasteiger partial charge in [0.05, 0.1) is 12.2 Å². The number of nitrogens with one attached hydrogen (secondary N) is 1. The van der Waals surface area contributed by atoms with Crippen molar-refractivity contribution in [3.8, 4) is 5.75 Å². The van der Waals surface area contributed by atoms with Gasteiger partial charge in [0.15, 0.2) is 0 Å². The van der Waals surface area contributed by atoms with Crippen molar-refractivity contribution in [2.45, 2.75) is 46.5 Å². The molecule has 1 aliphatic rings. The minimum Gasteiger partial charge on any atom is -0.494 e. The van der Waals surface area contributed by atoms with Crippen molar-refractivity contribution in [1.82, 2.24) is 0 Å². The summed E-state index contributed by atoms with van der Waals surface area (Å²) in [5.74, 6) is 0.779. The van der Waals surface area contributed by atoms with Crippen molar-refractivity contribution in [1.29, 1.82) is 0 Å². The number of hydrogen-bond acceptors (Lipinski definition) is 4. The van der Waals surface area contributed by atoms with Crippen molar-refractivity contribution in [3.63, 3.8) is 0 Å². The summed E-state index contributed by atoms with van der Waals surface area (Å²) >= 11 is 1.65. The molecule has 5 heteroatoms. The van der Waals surface area contributed by atoms with Crippen LogP contribution in [-0.2, 0) is 12.8 Å². The largest absolute Gasteiger partial charge is 0.494 e. The van der Waals surface area contributed by atoms with E-state index in [1.165, 1.54) is 28.0 Å². The number of benzene rings is 2. The van der Waals surface area contributed by atoms with Gasteiger partial charge in [-0.15, -0.1) is 11.3 Å². The monoisotopic (exact) mass is 432 g/mol. The van der Waals surface area contributed by atoms with Gasteiger partial charge in [-0.2, -0.15) is 0 Å². The van der Waals surface area contributed by atoms with E-state index >= 15 is 0 Å². The molecule has 0 bridgehead atoms. The summed E-state index contributed by atoms with van der Waals surface area (Å²) in [7, 11) is 0. The molecule has 160 valence electrons. The third-order valence-electron chi connectivity index (χ3n) is 5.67. The second-order valence-corrected chi connectivity index (χ2v) is 8.99. The first kappa shape index (κ1) is 21.3. The summed E-state index contributed by atoms with van der Waals surface area (Å²) in [6.07, 6.45) is 6.10. The number of carbonyl (C=O) groups excluding carboxylic acids is 1. The van der Waals surface area contributed by atoms with Crippen LogP contribution < -0.4 is 10.1 Å². The SMILES string of the molecule is CCOc1ccc(/C=N/c2sc3c(c2C(=O)Nc2ccc(C)c(C)c2)CCCC3)cc1. The van der Waals surface area contributed by atoms with Crippen LogP contribution in [0.5, 0.6) is 5.75 Å². The van der Waals surface area contributed by atoms with Gasteiger partial charge < -0.3 is 10.1 Å². The summed E-state index contributed by atoms with van der Waals surface area (Å²) in [6.45, 7) is 6.75. The highest BCUT2D eigenvalue weighted by Crippen LogP contribution is 2.40. The number of fused-ring (bicyclic) bond motifs is 1.